The van der Waals surface area contributed by atoms with Crippen LogP contribution in [-0.2, 0) is 11.2 Å². The molecular weight excluding hydrogens is 299 g/mol. The first-order valence-corrected chi connectivity index (χ1v) is 6.18. The predicted molar refractivity (Wildman–Crippen MR) is 82.8 cm³/mol. The van der Waals surface area contributed by atoms with E-state index >= 15 is 0 Å². The molecule has 0 aliphatic carbocycles. The average Bonchev–Trinajstić information content (AvgIpc) is 2.93. The molecule has 1 atom stereocenters. The lowest BCUT2D eigenvalue weighted by Gasteiger charge is -2.27. The monoisotopic (exact) mass is 316 g/mol. The lowest BCUT2D eigenvalue weighted by molar-refractivity contribution is 0.0440. The minimum absolute atomic E-state index is 0. The summed E-state index contributed by atoms with van der Waals surface area (Å²) < 4.78 is 11.2. The average molecular weight is 317 g/mol. The van der Waals surface area contributed by atoms with Crippen molar-refractivity contribution >= 4 is 24.8 Å². The van der Waals surface area contributed by atoms with Crippen molar-refractivity contribution in [3.05, 3.63) is 41.8 Å². The van der Waals surface area contributed by atoms with Crippen molar-refractivity contribution in [2.45, 2.75) is 12.5 Å². The number of halogens is 2. The highest BCUT2D eigenvalue weighted by Gasteiger charge is 2.23. The highest BCUT2D eigenvalue weighted by atomic mass is 35.5. The van der Waals surface area contributed by atoms with Crippen LogP contribution in [0.15, 0.2) is 35.1 Å². The minimum Gasteiger partial charge on any atom is -0.445 e. The van der Waals surface area contributed by atoms with Gasteiger partial charge in [-0.05, 0) is 30.7 Å². The van der Waals surface area contributed by atoms with Gasteiger partial charge in [-0.3, -0.25) is 0 Å². The van der Waals surface area contributed by atoms with Crippen LogP contribution in [0.2, 0.25) is 0 Å². The molecule has 0 radical (unpaired) electrons. The molecule has 0 amide bonds. The third kappa shape index (κ3) is 3.15. The Kier molecular flexibility index (Phi) is 6.49. The molecule has 1 aliphatic rings. The zero-order valence-electron chi connectivity index (χ0n) is 11.2. The fraction of sp³-hybridized carbons (Fsp3) is 0.357. The Bertz CT molecular complexity index is 532. The van der Waals surface area contributed by atoms with E-state index in [0.717, 1.165) is 25.1 Å². The SMILES string of the molecule is CNCC1OCCc2c(-c3ncco3)cccc21.Cl.Cl. The Hall–Kier alpha value is -1.07. The Morgan fingerprint density at radius 3 is 2.90 bits per heavy atom. The molecule has 2 aromatic rings. The molecular formula is C14H18Cl2N2O2. The largest absolute Gasteiger partial charge is 0.445 e. The second kappa shape index (κ2) is 7.64. The van der Waals surface area contributed by atoms with E-state index in [1.807, 2.05) is 13.1 Å². The van der Waals surface area contributed by atoms with E-state index in [0.29, 0.717) is 5.89 Å². The number of hydrogen-bond acceptors (Lipinski definition) is 4. The van der Waals surface area contributed by atoms with Gasteiger partial charge in [0.1, 0.15) is 6.26 Å². The summed E-state index contributed by atoms with van der Waals surface area (Å²) in [5, 5.41) is 3.17. The third-order valence-electron chi connectivity index (χ3n) is 3.28. The van der Waals surface area contributed by atoms with E-state index in [4.69, 9.17) is 9.15 Å². The lowest BCUT2D eigenvalue weighted by Crippen LogP contribution is -2.25. The highest BCUT2D eigenvalue weighted by Crippen LogP contribution is 2.33. The number of fused-ring (bicyclic) bond motifs is 1. The maximum Gasteiger partial charge on any atom is 0.226 e. The number of rotatable bonds is 3. The molecule has 20 heavy (non-hydrogen) atoms. The summed E-state index contributed by atoms with van der Waals surface area (Å²) in [6.45, 7) is 1.57. The maximum atomic E-state index is 5.80. The van der Waals surface area contributed by atoms with Gasteiger partial charge < -0.3 is 14.5 Å². The van der Waals surface area contributed by atoms with Gasteiger partial charge >= 0.3 is 0 Å². The molecule has 0 fully saturated rings. The van der Waals surface area contributed by atoms with Crippen LogP contribution < -0.4 is 5.32 Å². The summed E-state index contributed by atoms with van der Waals surface area (Å²) >= 11 is 0. The van der Waals surface area contributed by atoms with E-state index in [1.54, 1.807) is 12.5 Å². The quantitative estimate of drug-likeness (QED) is 0.945. The van der Waals surface area contributed by atoms with Gasteiger partial charge in [0.25, 0.3) is 0 Å². The van der Waals surface area contributed by atoms with Gasteiger partial charge in [-0.1, -0.05) is 12.1 Å². The lowest BCUT2D eigenvalue weighted by atomic mass is 9.92. The second-order valence-electron chi connectivity index (χ2n) is 4.38. The van der Waals surface area contributed by atoms with Gasteiger partial charge in [-0.25, -0.2) is 4.98 Å². The van der Waals surface area contributed by atoms with Crippen LogP contribution in [0, 0.1) is 0 Å². The maximum absolute atomic E-state index is 5.80. The Labute approximate surface area is 130 Å². The third-order valence-corrected chi connectivity index (χ3v) is 3.28. The van der Waals surface area contributed by atoms with Crippen LogP contribution in [0.1, 0.15) is 17.2 Å². The van der Waals surface area contributed by atoms with E-state index in [9.17, 15) is 0 Å². The molecule has 2 heterocycles. The van der Waals surface area contributed by atoms with Gasteiger partial charge in [0, 0.05) is 12.1 Å². The molecule has 4 nitrogen and oxygen atoms in total. The molecule has 6 heteroatoms. The van der Waals surface area contributed by atoms with E-state index < -0.39 is 0 Å². The first-order valence-electron chi connectivity index (χ1n) is 6.18. The van der Waals surface area contributed by atoms with Crippen LogP contribution in [-0.4, -0.2) is 25.2 Å². The second-order valence-corrected chi connectivity index (χ2v) is 4.38. The standard InChI is InChI=1S/C14H16N2O2.2ClH/c1-15-9-13-11-3-2-4-12(10(11)5-7-17-13)14-16-6-8-18-14;;/h2-4,6,8,13,15H,5,7,9H2,1H3;2*1H. The van der Waals surface area contributed by atoms with Crippen LogP contribution in [0.3, 0.4) is 0 Å². The van der Waals surface area contributed by atoms with Gasteiger partial charge in [-0.15, -0.1) is 24.8 Å². The molecule has 3 rings (SSSR count). The zero-order chi connectivity index (χ0) is 12.4. The Morgan fingerprint density at radius 1 is 1.35 bits per heavy atom. The smallest absolute Gasteiger partial charge is 0.226 e. The van der Waals surface area contributed by atoms with Gasteiger partial charge in [0.15, 0.2) is 0 Å². The zero-order valence-corrected chi connectivity index (χ0v) is 12.8. The van der Waals surface area contributed by atoms with Crippen molar-refractivity contribution < 1.29 is 9.15 Å². The van der Waals surface area contributed by atoms with Crippen LogP contribution in [0.4, 0.5) is 0 Å². The number of benzene rings is 1. The minimum atomic E-state index is 0. The molecule has 1 unspecified atom stereocenters. The summed E-state index contributed by atoms with van der Waals surface area (Å²) in [4.78, 5) is 4.24. The fourth-order valence-electron chi connectivity index (χ4n) is 2.49. The Balaban J connectivity index is 0.000001000. The number of nitrogens with zero attached hydrogens (tertiary/aromatic N) is 1. The summed E-state index contributed by atoms with van der Waals surface area (Å²) in [7, 11) is 1.94. The van der Waals surface area contributed by atoms with Gasteiger partial charge in [0.2, 0.25) is 5.89 Å². The molecule has 1 aromatic heterocycles. The first-order chi connectivity index (χ1) is 8.90. The molecule has 0 spiro atoms. The number of ether oxygens (including phenoxy) is 1. The van der Waals surface area contributed by atoms with Crippen molar-refractivity contribution in [1.29, 1.82) is 0 Å². The van der Waals surface area contributed by atoms with Gasteiger partial charge in [0.05, 0.1) is 18.9 Å². The highest BCUT2D eigenvalue weighted by molar-refractivity contribution is 5.85. The van der Waals surface area contributed by atoms with E-state index in [2.05, 4.69) is 22.4 Å². The first kappa shape index (κ1) is 17.0. The summed E-state index contributed by atoms with van der Waals surface area (Å²) in [5.41, 5.74) is 3.62. The van der Waals surface area contributed by atoms with Crippen molar-refractivity contribution in [3.8, 4) is 11.5 Å². The van der Waals surface area contributed by atoms with Crippen molar-refractivity contribution in [3.63, 3.8) is 0 Å². The molecule has 110 valence electrons. The summed E-state index contributed by atoms with van der Waals surface area (Å²) in [6.07, 6.45) is 4.32. The van der Waals surface area contributed by atoms with Crippen LogP contribution in [0.5, 0.6) is 0 Å². The molecule has 1 aliphatic heterocycles. The molecule has 0 bridgehead atoms. The molecule has 1 N–H and O–H groups in total. The van der Waals surface area contributed by atoms with Crippen LogP contribution in [0.25, 0.3) is 11.5 Å². The number of likely N-dealkylation sites (N-methyl/N-ethyl adjacent to an activating group) is 1. The van der Waals surface area contributed by atoms with E-state index in [-0.39, 0.29) is 30.9 Å². The van der Waals surface area contributed by atoms with Crippen molar-refractivity contribution in [2.75, 3.05) is 20.2 Å². The number of hydrogen-bond donors (Lipinski definition) is 1. The summed E-state index contributed by atoms with van der Waals surface area (Å²) in [5.74, 6) is 0.692. The summed E-state index contributed by atoms with van der Waals surface area (Å²) in [6, 6.07) is 6.23. The molecule has 0 saturated heterocycles. The predicted octanol–water partition coefficient (Wildman–Crippen LogP) is 3.02. The number of oxazole rings is 1. The topological polar surface area (TPSA) is 47.3 Å². The molecule has 1 aromatic carbocycles. The number of aromatic nitrogens is 1. The van der Waals surface area contributed by atoms with Crippen LogP contribution >= 0.6 is 24.8 Å². The fourth-order valence-corrected chi connectivity index (χ4v) is 2.49. The molecule has 0 saturated carbocycles. The normalized spacial score (nSPS) is 16.8. The van der Waals surface area contributed by atoms with E-state index in [1.165, 1.54) is 11.1 Å². The van der Waals surface area contributed by atoms with Crippen molar-refractivity contribution in [1.82, 2.24) is 10.3 Å². The number of nitrogens with one attached hydrogen (secondary N) is 1. The van der Waals surface area contributed by atoms with Crippen molar-refractivity contribution in [2.24, 2.45) is 0 Å². The Morgan fingerprint density at radius 2 is 2.20 bits per heavy atom. The van der Waals surface area contributed by atoms with Gasteiger partial charge in [-0.2, -0.15) is 0 Å².